The van der Waals surface area contributed by atoms with Crippen LogP contribution in [0.2, 0.25) is 0 Å². The Morgan fingerprint density at radius 3 is 3.14 bits per heavy atom. The molecule has 0 radical (unpaired) electrons. The minimum absolute atomic E-state index is 0.223. The van der Waals surface area contributed by atoms with E-state index in [4.69, 9.17) is 10.5 Å². The highest BCUT2D eigenvalue weighted by Crippen LogP contribution is 2.26. The number of ether oxygens (including phenoxy) is 1. The topological polar surface area (TPSA) is 60.2 Å². The van der Waals surface area contributed by atoms with Gasteiger partial charge in [0.05, 0.1) is 17.8 Å². The van der Waals surface area contributed by atoms with Crippen LogP contribution >= 0.6 is 15.9 Å². The first-order valence-corrected chi connectivity index (χ1v) is 8.16. The third kappa shape index (κ3) is 3.36. The maximum absolute atomic E-state index is 5.97. The number of nitrogens with two attached hydrogens (primary N) is 1. The molecule has 3 N–H and O–H groups in total. The van der Waals surface area contributed by atoms with Crippen LogP contribution in [0.5, 0.6) is 0 Å². The van der Waals surface area contributed by atoms with Crippen LogP contribution in [0, 0.1) is 5.92 Å². The average molecular weight is 350 g/mol. The van der Waals surface area contributed by atoms with E-state index < -0.39 is 0 Å². The Kier molecular flexibility index (Phi) is 4.73. The van der Waals surface area contributed by atoms with E-state index in [1.807, 2.05) is 12.3 Å². The molecule has 2 atom stereocenters. The predicted molar refractivity (Wildman–Crippen MR) is 89.5 cm³/mol. The number of aromatic nitrogens is 1. The summed E-state index contributed by atoms with van der Waals surface area (Å²) in [6.07, 6.45) is 4.11. The Labute approximate surface area is 133 Å². The molecule has 2 unspecified atom stereocenters. The highest BCUT2D eigenvalue weighted by Gasteiger charge is 2.23. The van der Waals surface area contributed by atoms with Crippen LogP contribution in [0.1, 0.15) is 12.8 Å². The number of halogens is 1. The van der Waals surface area contributed by atoms with Gasteiger partial charge in [-0.05, 0) is 40.9 Å². The third-order valence-corrected chi connectivity index (χ3v) is 4.47. The van der Waals surface area contributed by atoms with Crippen LogP contribution in [0.15, 0.2) is 34.9 Å². The number of hydrogen-bond acceptors (Lipinski definition) is 4. The zero-order valence-electron chi connectivity index (χ0n) is 11.9. The summed E-state index contributed by atoms with van der Waals surface area (Å²) in [7, 11) is 0. The number of nitrogens with one attached hydrogen (secondary N) is 1. The first-order chi connectivity index (χ1) is 10.3. The lowest BCUT2D eigenvalue weighted by Crippen LogP contribution is -2.40. The number of fused-ring (bicyclic) bond motifs is 1. The van der Waals surface area contributed by atoms with Crippen LogP contribution in [-0.4, -0.2) is 30.8 Å². The van der Waals surface area contributed by atoms with Gasteiger partial charge in [0.15, 0.2) is 0 Å². The van der Waals surface area contributed by atoms with Gasteiger partial charge in [-0.15, -0.1) is 0 Å². The summed E-state index contributed by atoms with van der Waals surface area (Å²) in [6, 6.07) is 8.48. The molecule has 1 aromatic carbocycles. The summed E-state index contributed by atoms with van der Waals surface area (Å²) in [5.41, 5.74) is 8.00. The fourth-order valence-electron chi connectivity index (χ4n) is 2.90. The van der Waals surface area contributed by atoms with Crippen LogP contribution < -0.4 is 11.1 Å². The predicted octanol–water partition coefficient (Wildman–Crippen LogP) is 3.16. The Hall–Kier alpha value is -1.17. The molecule has 21 heavy (non-hydrogen) atoms. The van der Waals surface area contributed by atoms with Gasteiger partial charge in [0, 0.05) is 41.2 Å². The number of para-hydroxylation sites is 1. The summed E-state index contributed by atoms with van der Waals surface area (Å²) in [5.74, 6) is 0.467. The average Bonchev–Trinajstić information content (AvgIpc) is 2.53. The molecule has 0 aliphatic carbocycles. The number of nitrogens with zero attached hydrogens (tertiary/aromatic N) is 1. The third-order valence-electron chi connectivity index (χ3n) is 4.04. The molecule has 1 fully saturated rings. The number of hydrogen-bond donors (Lipinski definition) is 2. The van der Waals surface area contributed by atoms with E-state index in [1.165, 1.54) is 6.42 Å². The molecule has 2 aromatic rings. The van der Waals surface area contributed by atoms with Crippen molar-refractivity contribution in [2.75, 3.05) is 25.1 Å². The quantitative estimate of drug-likeness (QED) is 0.889. The minimum atomic E-state index is 0.223. The molecule has 2 heterocycles. The molecule has 4 nitrogen and oxygen atoms in total. The minimum Gasteiger partial charge on any atom is -0.381 e. The standard InChI is InChI=1S/C16H20BrN3O/c17-13-7-11-3-1-5-14(16(11)19-9-13)20-15(8-18)12-4-2-6-21-10-12/h1,3,5,7,9,12,15,20H,2,4,6,8,10,18H2. The van der Waals surface area contributed by atoms with Crippen molar-refractivity contribution in [1.82, 2.24) is 4.98 Å². The Bertz CT molecular complexity index is 613. The molecule has 1 aromatic heterocycles. The second-order valence-corrected chi connectivity index (χ2v) is 6.41. The summed E-state index contributed by atoms with van der Waals surface area (Å²) < 4.78 is 6.58. The van der Waals surface area contributed by atoms with Crippen molar-refractivity contribution in [1.29, 1.82) is 0 Å². The van der Waals surface area contributed by atoms with Crippen molar-refractivity contribution in [3.8, 4) is 0 Å². The van der Waals surface area contributed by atoms with Gasteiger partial charge in [-0.1, -0.05) is 12.1 Å². The number of benzene rings is 1. The van der Waals surface area contributed by atoms with Gasteiger partial charge in [0.2, 0.25) is 0 Å². The lowest BCUT2D eigenvalue weighted by Gasteiger charge is -2.31. The van der Waals surface area contributed by atoms with Gasteiger partial charge < -0.3 is 15.8 Å². The number of pyridine rings is 1. The molecule has 0 saturated carbocycles. The Balaban J connectivity index is 1.85. The zero-order valence-corrected chi connectivity index (χ0v) is 13.5. The van der Waals surface area contributed by atoms with Crippen molar-refractivity contribution in [3.63, 3.8) is 0 Å². The van der Waals surface area contributed by atoms with Crippen LogP contribution in [0.4, 0.5) is 5.69 Å². The van der Waals surface area contributed by atoms with E-state index in [9.17, 15) is 0 Å². The van der Waals surface area contributed by atoms with Crippen molar-refractivity contribution in [2.45, 2.75) is 18.9 Å². The van der Waals surface area contributed by atoms with Crippen LogP contribution in [0.3, 0.4) is 0 Å². The van der Waals surface area contributed by atoms with Gasteiger partial charge in [-0.2, -0.15) is 0 Å². The normalized spacial score (nSPS) is 20.4. The SMILES string of the molecule is NCC(Nc1cccc2cc(Br)cnc12)C1CCCOC1. The number of anilines is 1. The van der Waals surface area contributed by atoms with E-state index in [2.05, 4.69) is 44.4 Å². The van der Waals surface area contributed by atoms with Crippen molar-refractivity contribution in [2.24, 2.45) is 11.7 Å². The molecule has 1 aliphatic rings. The lowest BCUT2D eigenvalue weighted by molar-refractivity contribution is 0.0485. The fourth-order valence-corrected chi connectivity index (χ4v) is 3.25. The smallest absolute Gasteiger partial charge is 0.0934 e. The van der Waals surface area contributed by atoms with Crippen LogP contribution in [-0.2, 0) is 4.74 Å². The molecule has 112 valence electrons. The van der Waals surface area contributed by atoms with E-state index in [1.54, 1.807) is 0 Å². The van der Waals surface area contributed by atoms with E-state index in [0.29, 0.717) is 12.5 Å². The van der Waals surface area contributed by atoms with Gasteiger partial charge in [-0.25, -0.2) is 0 Å². The van der Waals surface area contributed by atoms with Gasteiger partial charge in [0.25, 0.3) is 0 Å². The molecular weight excluding hydrogens is 330 g/mol. The second kappa shape index (κ2) is 6.73. The van der Waals surface area contributed by atoms with Gasteiger partial charge >= 0.3 is 0 Å². The van der Waals surface area contributed by atoms with Gasteiger partial charge in [0.1, 0.15) is 0 Å². The summed E-state index contributed by atoms with van der Waals surface area (Å²) in [6.45, 7) is 2.26. The van der Waals surface area contributed by atoms with Crippen molar-refractivity contribution >= 4 is 32.5 Å². The maximum Gasteiger partial charge on any atom is 0.0934 e. The molecule has 5 heteroatoms. The molecule has 3 rings (SSSR count). The lowest BCUT2D eigenvalue weighted by atomic mass is 9.93. The van der Waals surface area contributed by atoms with E-state index in [0.717, 1.165) is 40.7 Å². The second-order valence-electron chi connectivity index (χ2n) is 5.49. The molecule has 1 aliphatic heterocycles. The highest BCUT2D eigenvalue weighted by molar-refractivity contribution is 9.10. The van der Waals surface area contributed by atoms with Crippen molar-refractivity contribution < 1.29 is 4.74 Å². The monoisotopic (exact) mass is 349 g/mol. The highest BCUT2D eigenvalue weighted by atomic mass is 79.9. The summed E-state index contributed by atoms with van der Waals surface area (Å²) in [5, 5.41) is 4.69. The van der Waals surface area contributed by atoms with Gasteiger partial charge in [-0.3, -0.25) is 4.98 Å². The first kappa shape index (κ1) is 14.8. The Morgan fingerprint density at radius 2 is 2.38 bits per heavy atom. The largest absolute Gasteiger partial charge is 0.381 e. The molecule has 0 amide bonds. The summed E-state index contributed by atoms with van der Waals surface area (Å²) >= 11 is 3.46. The number of rotatable bonds is 4. The fraction of sp³-hybridized carbons (Fsp3) is 0.438. The van der Waals surface area contributed by atoms with Crippen molar-refractivity contribution in [3.05, 3.63) is 34.9 Å². The first-order valence-electron chi connectivity index (χ1n) is 7.36. The van der Waals surface area contributed by atoms with E-state index >= 15 is 0 Å². The maximum atomic E-state index is 5.97. The molecule has 0 bridgehead atoms. The molecule has 1 saturated heterocycles. The Morgan fingerprint density at radius 1 is 1.48 bits per heavy atom. The van der Waals surface area contributed by atoms with Crippen LogP contribution in [0.25, 0.3) is 10.9 Å². The molecular formula is C16H20BrN3O. The summed E-state index contributed by atoms with van der Waals surface area (Å²) in [4.78, 5) is 4.53. The van der Waals surface area contributed by atoms with E-state index in [-0.39, 0.29) is 6.04 Å². The molecule has 0 spiro atoms. The zero-order chi connectivity index (χ0) is 14.7.